The van der Waals surface area contributed by atoms with E-state index in [1.807, 2.05) is 0 Å². The standard InChI is InChI=1S/C14H28N2O.ClH/c1-5-16(6-2)12-10-8-7-9-11-15-14(17)13(3)4;/h3,5-12H2,1-2,4H3,(H,15,17);1H. The number of halogens is 1. The first kappa shape index (κ1) is 19.8. The van der Waals surface area contributed by atoms with Gasteiger partial charge in [0.2, 0.25) is 5.91 Å². The van der Waals surface area contributed by atoms with Crippen LogP contribution in [0.2, 0.25) is 0 Å². The predicted octanol–water partition coefficient (Wildman–Crippen LogP) is -1.83. The molecule has 1 amide bonds. The third kappa shape index (κ3) is 10.6. The number of carbonyl (C=O) groups excluding carboxylic acids is 1. The quantitative estimate of drug-likeness (QED) is 0.357. The second kappa shape index (κ2) is 12.9. The average Bonchev–Trinajstić information content (AvgIpc) is 2.32. The van der Waals surface area contributed by atoms with E-state index in [9.17, 15) is 4.79 Å². The van der Waals surface area contributed by atoms with Crippen LogP contribution in [0.3, 0.4) is 0 Å². The Labute approximate surface area is 118 Å². The summed E-state index contributed by atoms with van der Waals surface area (Å²) in [4.78, 5) is 12.9. The molecule has 0 aromatic rings. The molecule has 0 aliphatic rings. The van der Waals surface area contributed by atoms with Crippen molar-refractivity contribution in [1.29, 1.82) is 0 Å². The zero-order valence-electron chi connectivity index (χ0n) is 12.2. The molecule has 0 atom stereocenters. The minimum absolute atomic E-state index is 0. The molecule has 0 fully saturated rings. The molecule has 3 nitrogen and oxygen atoms in total. The molecule has 0 aromatic heterocycles. The highest BCUT2D eigenvalue weighted by atomic mass is 35.5. The van der Waals surface area contributed by atoms with Gasteiger partial charge in [0.05, 0.1) is 19.6 Å². The Kier molecular flexibility index (Phi) is 14.2. The van der Waals surface area contributed by atoms with Crippen LogP contribution in [0.15, 0.2) is 12.2 Å². The fourth-order valence-corrected chi connectivity index (χ4v) is 1.81. The lowest BCUT2D eigenvalue weighted by Gasteiger charge is -2.14. The number of rotatable bonds is 10. The Bertz CT molecular complexity index is 228. The van der Waals surface area contributed by atoms with E-state index in [2.05, 4.69) is 25.7 Å². The monoisotopic (exact) mass is 276 g/mol. The first-order valence-corrected chi connectivity index (χ1v) is 6.89. The van der Waals surface area contributed by atoms with Crippen molar-refractivity contribution in [3.05, 3.63) is 12.2 Å². The van der Waals surface area contributed by atoms with Gasteiger partial charge in [-0.15, -0.1) is 0 Å². The van der Waals surface area contributed by atoms with E-state index in [0.29, 0.717) is 5.57 Å². The van der Waals surface area contributed by atoms with E-state index in [0.717, 1.165) is 13.0 Å². The number of carbonyl (C=O) groups is 1. The van der Waals surface area contributed by atoms with Crippen LogP contribution in [0.5, 0.6) is 0 Å². The van der Waals surface area contributed by atoms with Crippen LogP contribution < -0.4 is 22.6 Å². The highest BCUT2D eigenvalue weighted by Gasteiger charge is 2.02. The Balaban J connectivity index is 0. The summed E-state index contributed by atoms with van der Waals surface area (Å²) in [6.07, 6.45) is 4.85. The van der Waals surface area contributed by atoms with Gasteiger partial charge >= 0.3 is 0 Å². The summed E-state index contributed by atoms with van der Waals surface area (Å²) >= 11 is 0. The molecular formula is C14H29ClN2O. The number of nitrogens with one attached hydrogen (secondary N) is 2. The summed E-state index contributed by atoms with van der Waals surface area (Å²) in [6, 6.07) is 0. The topological polar surface area (TPSA) is 33.5 Å². The lowest BCUT2D eigenvalue weighted by atomic mass is 10.2. The summed E-state index contributed by atoms with van der Waals surface area (Å²) in [5, 5.41) is 2.86. The van der Waals surface area contributed by atoms with Crippen LogP contribution in [0.4, 0.5) is 0 Å². The third-order valence-electron chi connectivity index (χ3n) is 3.13. The first-order chi connectivity index (χ1) is 8.11. The first-order valence-electron chi connectivity index (χ1n) is 6.89. The van der Waals surface area contributed by atoms with E-state index < -0.39 is 0 Å². The predicted molar refractivity (Wildman–Crippen MR) is 73.2 cm³/mol. The molecule has 0 saturated heterocycles. The molecule has 0 rings (SSSR count). The van der Waals surface area contributed by atoms with Crippen molar-refractivity contribution in [2.75, 3.05) is 26.2 Å². The number of quaternary nitrogens is 1. The van der Waals surface area contributed by atoms with Crippen LogP contribution in [-0.2, 0) is 4.79 Å². The molecule has 0 unspecified atom stereocenters. The van der Waals surface area contributed by atoms with Gasteiger partial charge in [0, 0.05) is 12.1 Å². The summed E-state index contributed by atoms with van der Waals surface area (Å²) < 4.78 is 0. The minimum atomic E-state index is -0.0161. The molecular weight excluding hydrogens is 248 g/mol. The maximum absolute atomic E-state index is 11.2. The number of hydrogen-bond donors (Lipinski definition) is 2. The molecule has 0 spiro atoms. The number of unbranched alkanes of at least 4 members (excludes halogenated alkanes) is 3. The van der Waals surface area contributed by atoms with E-state index >= 15 is 0 Å². The lowest BCUT2D eigenvalue weighted by Crippen LogP contribution is -3.11. The van der Waals surface area contributed by atoms with E-state index in [-0.39, 0.29) is 18.3 Å². The second-order valence-corrected chi connectivity index (χ2v) is 4.66. The molecule has 0 aromatic carbocycles. The van der Waals surface area contributed by atoms with E-state index in [1.54, 1.807) is 11.8 Å². The molecule has 2 N–H and O–H groups in total. The van der Waals surface area contributed by atoms with Gasteiger partial charge in [-0.3, -0.25) is 4.79 Å². The molecule has 0 aliphatic carbocycles. The highest BCUT2D eigenvalue weighted by molar-refractivity contribution is 5.91. The Hall–Kier alpha value is -0.540. The fraction of sp³-hybridized carbons (Fsp3) is 0.786. The zero-order valence-corrected chi connectivity index (χ0v) is 12.9. The average molecular weight is 277 g/mol. The summed E-state index contributed by atoms with van der Waals surface area (Å²) in [6.45, 7) is 14.3. The summed E-state index contributed by atoms with van der Waals surface area (Å²) in [7, 11) is 0. The molecule has 108 valence electrons. The van der Waals surface area contributed by atoms with Crippen molar-refractivity contribution in [3.8, 4) is 0 Å². The van der Waals surface area contributed by atoms with E-state index in [1.165, 1.54) is 38.9 Å². The maximum atomic E-state index is 11.2. The normalized spacial score (nSPS) is 10.0. The second-order valence-electron chi connectivity index (χ2n) is 4.66. The minimum Gasteiger partial charge on any atom is -1.00 e. The molecule has 0 saturated carbocycles. The Morgan fingerprint density at radius 2 is 1.67 bits per heavy atom. The van der Waals surface area contributed by atoms with Gasteiger partial charge in [-0.1, -0.05) is 13.0 Å². The summed E-state index contributed by atoms with van der Waals surface area (Å²) in [5.41, 5.74) is 0.593. The fourth-order valence-electron chi connectivity index (χ4n) is 1.81. The Morgan fingerprint density at radius 1 is 1.11 bits per heavy atom. The van der Waals surface area contributed by atoms with Gasteiger partial charge in [-0.2, -0.15) is 0 Å². The van der Waals surface area contributed by atoms with Crippen LogP contribution >= 0.6 is 0 Å². The smallest absolute Gasteiger partial charge is 0.246 e. The number of hydrogen-bond acceptors (Lipinski definition) is 1. The summed E-state index contributed by atoms with van der Waals surface area (Å²) in [5.74, 6) is -0.0161. The maximum Gasteiger partial charge on any atom is 0.246 e. The van der Waals surface area contributed by atoms with Crippen molar-refractivity contribution in [2.24, 2.45) is 0 Å². The van der Waals surface area contributed by atoms with Gasteiger partial charge in [-0.05, 0) is 40.0 Å². The zero-order chi connectivity index (χ0) is 13.1. The van der Waals surface area contributed by atoms with Gasteiger partial charge in [0.1, 0.15) is 0 Å². The van der Waals surface area contributed by atoms with Crippen molar-refractivity contribution in [2.45, 2.75) is 46.5 Å². The highest BCUT2D eigenvalue weighted by Crippen LogP contribution is 1.97. The van der Waals surface area contributed by atoms with Gasteiger partial charge < -0.3 is 22.6 Å². The molecule has 0 radical (unpaired) electrons. The molecule has 4 heteroatoms. The van der Waals surface area contributed by atoms with Gasteiger partial charge in [0.25, 0.3) is 0 Å². The molecule has 0 bridgehead atoms. The van der Waals surface area contributed by atoms with Crippen molar-refractivity contribution in [3.63, 3.8) is 0 Å². The largest absolute Gasteiger partial charge is 1.00 e. The molecule has 0 heterocycles. The van der Waals surface area contributed by atoms with Crippen LogP contribution in [0, 0.1) is 0 Å². The Morgan fingerprint density at radius 3 is 2.17 bits per heavy atom. The van der Waals surface area contributed by atoms with Crippen molar-refractivity contribution >= 4 is 5.91 Å². The lowest BCUT2D eigenvalue weighted by molar-refractivity contribution is -0.896. The number of amides is 1. The SMILES string of the molecule is C=C(C)C(=O)NCCCCCC[NH+](CC)CC.[Cl-]. The third-order valence-corrected chi connectivity index (χ3v) is 3.13. The van der Waals surface area contributed by atoms with Crippen molar-refractivity contribution < 1.29 is 22.1 Å². The molecule has 18 heavy (non-hydrogen) atoms. The van der Waals surface area contributed by atoms with Gasteiger partial charge in [-0.25, -0.2) is 0 Å². The van der Waals surface area contributed by atoms with Gasteiger partial charge in [0.15, 0.2) is 0 Å². The van der Waals surface area contributed by atoms with Crippen molar-refractivity contribution in [1.82, 2.24) is 5.32 Å². The van der Waals surface area contributed by atoms with E-state index in [4.69, 9.17) is 0 Å². The van der Waals surface area contributed by atoms with Crippen LogP contribution in [-0.4, -0.2) is 32.1 Å². The van der Waals surface area contributed by atoms with Crippen LogP contribution in [0.25, 0.3) is 0 Å². The van der Waals surface area contributed by atoms with Crippen LogP contribution in [0.1, 0.15) is 46.5 Å². The molecule has 0 aliphatic heterocycles.